The Morgan fingerprint density at radius 2 is 1.81 bits per heavy atom. The first kappa shape index (κ1) is 10.9. The molecule has 1 aromatic carbocycles. The molecule has 2 nitrogen and oxygen atoms in total. The second-order valence-electron chi connectivity index (χ2n) is 4.98. The first-order valence-electron chi connectivity index (χ1n) is 5.46. The van der Waals surface area contributed by atoms with E-state index in [2.05, 4.69) is 50.0 Å². The van der Waals surface area contributed by atoms with Gasteiger partial charge in [0.25, 0.3) is 0 Å². The van der Waals surface area contributed by atoms with E-state index in [-0.39, 0.29) is 5.41 Å². The number of methoxy groups -OCH3 is 1. The number of hydrogen-bond donors (Lipinski definition) is 0. The molecule has 0 unspecified atom stereocenters. The maximum atomic E-state index is 5.18. The fourth-order valence-electron chi connectivity index (χ4n) is 1.85. The highest BCUT2D eigenvalue weighted by molar-refractivity contribution is 5.83. The first-order valence-corrected chi connectivity index (χ1v) is 5.46. The van der Waals surface area contributed by atoms with Crippen molar-refractivity contribution in [2.24, 2.45) is 0 Å². The van der Waals surface area contributed by atoms with Crippen molar-refractivity contribution in [2.45, 2.75) is 26.2 Å². The number of nitrogens with zero attached hydrogens (tertiary/aromatic N) is 1. The summed E-state index contributed by atoms with van der Waals surface area (Å²) in [5.41, 5.74) is 2.39. The van der Waals surface area contributed by atoms with Gasteiger partial charge in [0.1, 0.15) is 0 Å². The highest BCUT2D eigenvalue weighted by Crippen LogP contribution is 2.29. The number of pyridine rings is 1. The Balaban J connectivity index is 2.74. The third-order valence-electron chi connectivity index (χ3n) is 2.71. The summed E-state index contributed by atoms with van der Waals surface area (Å²) in [5.74, 6) is 0.671. The lowest BCUT2D eigenvalue weighted by Gasteiger charge is -2.20. The summed E-state index contributed by atoms with van der Waals surface area (Å²) >= 11 is 0. The number of rotatable bonds is 1. The number of hydrogen-bond acceptors (Lipinski definition) is 2. The largest absolute Gasteiger partial charge is 0.481 e. The summed E-state index contributed by atoms with van der Waals surface area (Å²) < 4.78 is 5.18. The van der Waals surface area contributed by atoms with Crippen molar-refractivity contribution >= 4 is 10.9 Å². The van der Waals surface area contributed by atoms with E-state index in [1.807, 2.05) is 6.07 Å². The van der Waals surface area contributed by atoms with E-state index in [1.165, 1.54) is 5.56 Å². The molecule has 0 amide bonds. The lowest BCUT2D eigenvalue weighted by molar-refractivity contribution is 0.399. The average molecular weight is 215 g/mol. The fraction of sp³-hybridized carbons (Fsp3) is 0.357. The number of fused-ring (bicyclic) bond motifs is 1. The Kier molecular flexibility index (Phi) is 2.58. The van der Waals surface area contributed by atoms with E-state index in [4.69, 9.17) is 4.74 Å². The Morgan fingerprint density at radius 1 is 1.06 bits per heavy atom. The Labute approximate surface area is 96.3 Å². The van der Waals surface area contributed by atoms with Crippen LogP contribution < -0.4 is 4.74 Å². The molecule has 0 saturated heterocycles. The second kappa shape index (κ2) is 3.78. The van der Waals surface area contributed by atoms with Gasteiger partial charge in [-0.15, -0.1) is 0 Å². The number of para-hydroxylation sites is 1. The van der Waals surface area contributed by atoms with Crippen LogP contribution in [0.5, 0.6) is 5.88 Å². The molecule has 2 heteroatoms. The topological polar surface area (TPSA) is 22.1 Å². The molecule has 0 saturated carbocycles. The van der Waals surface area contributed by atoms with Crippen molar-refractivity contribution in [3.8, 4) is 5.88 Å². The second-order valence-corrected chi connectivity index (χ2v) is 4.98. The predicted octanol–water partition coefficient (Wildman–Crippen LogP) is 3.54. The standard InChI is InChI=1S/C14H17NO/c1-14(2,3)11-7-5-6-10-8-9-12(16-4)15-13(10)11/h5-9H,1-4H3. The van der Waals surface area contributed by atoms with E-state index < -0.39 is 0 Å². The maximum absolute atomic E-state index is 5.18. The van der Waals surface area contributed by atoms with Crippen LogP contribution in [0, 0.1) is 0 Å². The minimum Gasteiger partial charge on any atom is -0.481 e. The van der Waals surface area contributed by atoms with Crippen LogP contribution in [0.1, 0.15) is 26.3 Å². The maximum Gasteiger partial charge on any atom is 0.213 e. The van der Waals surface area contributed by atoms with Crippen LogP contribution in [-0.2, 0) is 5.41 Å². The SMILES string of the molecule is COc1ccc2cccc(C(C)(C)C)c2n1. The Bertz CT molecular complexity index is 512. The molecule has 2 rings (SSSR count). The van der Waals surface area contributed by atoms with Crippen LogP contribution >= 0.6 is 0 Å². The van der Waals surface area contributed by atoms with E-state index >= 15 is 0 Å². The lowest BCUT2D eigenvalue weighted by atomic mass is 9.85. The smallest absolute Gasteiger partial charge is 0.213 e. The molecule has 2 aromatic rings. The molecule has 0 radical (unpaired) electrons. The molecule has 1 heterocycles. The highest BCUT2D eigenvalue weighted by Gasteiger charge is 2.17. The Morgan fingerprint density at radius 3 is 2.44 bits per heavy atom. The van der Waals surface area contributed by atoms with Crippen molar-refractivity contribution in [3.05, 3.63) is 35.9 Å². The van der Waals surface area contributed by atoms with Crippen molar-refractivity contribution in [1.82, 2.24) is 4.98 Å². The van der Waals surface area contributed by atoms with Crippen molar-refractivity contribution in [3.63, 3.8) is 0 Å². The van der Waals surface area contributed by atoms with E-state index in [9.17, 15) is 0 Å². The van der Waals surface area contributed by atoms with Crippen LogP contribution in [0.3, 0.4) is 0 Å². The number of benzene rings is 1. The highest BCUT2D eigenvalue weighted by atomic mass is 16.5. The summed E-state index contributed by atoms with van der Waals surface area (Å²) in [6.07, 6.45) is 0. The summed E-state index contributed by atoms with van der Waals surface area (Å²) in [6, 6.07) is 10.2. The molecule has 0 atom stereocenters. The third kappa shape index (κ3) is 1.87. The summed E-state index contributed by atoms with van der Waals surface area (Å²) in [4.78, 5) is 4.54. The molecule has 0 N–H and O–H groups in total. The van der Waals surface area contributed by atoms with Gasteiger partial charge >= 0.3 is 0 Å². The molecule has 1 aromatic heterocycles. The third-order valence-corrected chi connectivity index (χ3v) is 2.71. The van der Waals surface area contributed by atoms with Gasteiger partial charge in [0.05, 0.1) is 12.6 Å². The van der Waals surface area contributed by atoms with Gasteiger partial charge in [-0.3, -0.25) is 0 Å². The molecule has 0 spiro atoms. The van der Waals surface area contributed by atoms with Gasteiger partial charge in [-0.1, -0.05) is 39.0 Å². The normalized spacial score (nSPS) is 11.8. The van der Waals surface area contributed by atoms with Crippen LogP contribution in [0.2, 0.25) is 0 Å². The number of ether oxygens (including phenoxy) is 1. The van der Waals surface area contributed by atoms with E-state index in [0.717, 1.165) is 10.9 Å². The minimum atomic E-state index is 0.0961. The molecule has 0 aliphatic heterocycles. The van der Waals surface area contributed by atoms with Crippen LogP contribution in [0.25, 0.3) is 10.9 Å². The van der Waals surface area contributed by atoms with E-state index in [1.54, 1.807) is 7.11 Å². The predicted molar refractivity (Wildman–Crippen MR) is 67.0 cm³/mol. The fourth-order valence-corrected chi connectivity index (χ4v) is 1.85. The van der Waals surface area contributed by atoms with Gasteiger partial charge in [-0.2, -0.15) is 0 Å². The molecule has 84 valence electrons. The minimum absolute atomic E-state index is 0.0961. The molecule has 0 bridgehead atoms. The van der Waals surface area contributed by atoms with Crippen LogP contribution in [0.15, 0.2) is 30.3 Å². The lowest BCUT2D eigenvalue weighted by Crippen LogP contribution is -2.12. The molecule has 0 aliphatic rings. The monoisotopic (exact) mass is 215 g/mol. The van der Waals surface area contributed by atoms with Crippen molar-refractivity contribution in [1.29, 1.82) is 0 Å². The van der Waals surface area contributed by atoms with Crippen LogP contribution in [0.4, 0.5) is 0 Å². The first-order chi connectivity index (χ1) is 7.52. The average Bonchev–Trinajstić information content (AvgIpc) is 2.26. The molecular weight excluding hydrogens is 198 g/mol. The zero-order valence-electron chi connectivity index (χ0n) is 10.2. The summed E-state index contributed by atoms with van der Waals surface area (Å²) in [6.45, 7) is 6.59. The quantitative estimate of drug-likeness (QED) is 0.726. The summed E-state index contributed by atoms with van der Waals surface area (Å²) in [7, 11) is 1.65. The number of aromatic nitrogens is 1. The molecule has 0 aliphatic carbocycles. The van der Waals surface area contributed by atoms with Crippen molar-refractivity contribution < 1.29 is 4.74 Å². The van der Waals surface area contributed by atoms with Crippen LogP contribution in [-0.4, -0.2) is 12.1 Å². The van der Waals surface area contributed by atoms with Gasteiger partial charge in [-0.05, 0) is 17.0 Å². The van der Waals surface area contributed by atoms with Crippen molar-refractivity contribution in [2.75, 3.05) is 7.11 Å². The van der Waals surface area contributed by atoms with Gasteiger partial charge in [-0.25, -0.2) is 4.98 Å². The molecule has 0 fully saturated rings. The molecule has 16 heavy (non-hydrogen) atoms. The molecular formula is C14H17NO. The zero-order chi connectivity index (χ0) is 11.8. The van der Waals surface area contributed by atoms with Gasteiger partial charge in [0, 0.05) is 11.5 Å². The van der Waals surface area contributed by atoms with Gasteiger partial charge < -0.3 is 4.74 Å². The Hall–Kier alpha value is -1.57. The zero-order valence-corrected chi connectivity index (χ0v) is 10.2. The van der Waals surface area contributed by atoms with Gasteiger partial charge in [0.2, 0.25) is 5.88 Å². The van der Waals surface area contributed by atoms with E-state index in [0.29, 0.717) is 5.88 Å². The summed E-state index contributed by atoms with van der Waals surface area (Å²) in [5, 5.41) is 1.16. The van der Waals surface area contributed by atoms with Gasteiger partial charge in [0.15, 0.2) is 0 Å².